The van der Waals surface area contributed by atoms with Crippen LogP contribution >= 0.6 is 11.3 Å². The van der Waals surface area contributed by atoms with Crippen LogP contribution in [0.25, 0.3) is 22.1 Å². The van der Waals surface area contributed by atoms with E-state index in [1.54, 1.807) is 6.92 Å². The standard InChI is InChI=1S/C15H13N3OS/c1-9-8-20-15(16-9)13-17-12(10(2)14(19)18-13)11-6-4-3-5-7-11/h3-8H,1-2H3,(H,17,18,19). The number of aromatic nitrogens is 3. The fraction of sp³-hybridized carbons (Fsp3) is 0.133. The highest BCUT2D eigenvalue weighted by Crippen LogP contribution is 2.23. The SMILES string of the molecule is Cc1csc(-c2nc(-c3ccccc3)c(C)c(=O)[nH]2)n1. The van der Waals surface area contributed by atoms with E-state index >= 15 is 0 Å². The highest BCUT2D eigenvalue weighted by molar-refractivity contribution is 7.13. The number of aryl methyl sites for hydroxylation is 1. The van der Waals surface area contributed by atoms with Crippen molar-refractivity contribution in [1.29, 1.82) is 0 Å². The molecule has 0 bridgehead atoms. The maximum absolute atomic E-state index is 12.1. The third-order valence-corrected chi connectivity index (χ3v) is 3.99. The zero-order valence-electron chi connectivity index (χ0n) is 11.2. The number of nitrogens with zero attached hydrogens (tertiary/aromatic N) is 2. The molecule has 0 saturated heterocycles. The molecular weight excluding hydrogens is 270 g/mol. The second kappa shape index (κ2) is 5.02. The Hall–Kier alpha value is -2.27. The first-order chi connectivity index (χ1) is 9.65. The van der Waals surface area contributed by atoms with Crippen molar-refractivity contribution in [3.05, 3.63) is 57.3 Å². The molecule has 0 spiro atoms. The van der Waals surface area contributed by atoms with Gasteiger partial charge < -0.3 is 4.98 Å². The van der Waals surface area contributed by atoms with Gasteiger partial charge in [-0.3, -0.25) is 4.79 Å². The number of aromatic amines is 1. The highest BCUT2D eigenvalue weighted by Gasteiger charge is 2.12. The summed E-state index contributed by atoms with van der Waals surface area (Å²) in [7, 11) is 0. The third kappa shape index (κ3) is 2.28. The van der Waals surface area contributed by atoms with Crippen LogP contribution in [0.2, 0.25) is 0 Å². The van der Waals surface area contributed by atoms with Gasteiger partial charge in [-0.25, -0.2) is 9.97 Å². The lowest BCUT2D eigenvalue weighted by molar-refractivity contribution is 1.08. The van der Waals surface area contributed by atoms with E-state index in [-0.39, 0.29) is 5.56 Å². The number of rotatable bonds is 2. The Morgan fingerprint density at radius 1 is 1.10 bits per heavy atom. The quantitative estimate of drug-likeness (QED) is 0.786. The minimum absolute atomic E-state index is 0.123. The molecule has 0 fully saturated rings. The van der Waals surface area contributed by atoms with Crippen molar-refractivity contribution in [1.82, 2.24) is 15.0 Å². The van der Waals surface area contributed by atoms with Crippen LogP contribution in [0, 0.1) is 13.8 Å². The largest absolute Gasteiger partial charge is 0.304 e. The minimum atomic E-state index is -0.123. The molecule has 0 aliphatic heterocycles. The summed E-state index contributed by atoms with van der Waals surface area (Å²) in [5.74, 6) is 0.526. The van der Waals surface area contributed by atoms with Gasteiger partial charge in [-0.15, -0.1) is 11.3 Å². The first kappa shape index (κ1) is 12.7. The predicted molar refractivity (Wildman–Crippen MR) is 80.9 cm³/mol. The topological polar surface area (TPSA) is 58.6 Å². The molecule has 100 valence electrons. The molecule has 0 aliphatic rings. The van der Waals surface area contributed by atoms with E-state index in [0.717, 1.165) is 16.3 Å². The molecular formula is C15H13N3OS. The molecule has 0 aliphatic carbocycles. The normalized spacial score (nSPS) is 10.7. The molecule has 4 nitrogen and oxygen atoms in total. The van der Waals surface area contributed by atoms with Gasteiger partial charge >= 0.3 is 0 Å². The van der Waals surface area contributed by atoms with Gasteiger partial charge in [0.25, 0.3) is 5.56 Å². The second-order valence-electron chi connectivity index (χ2n) is 4.55. The fourth-order valence-corrected chi connectivity index (χ4v) is 2.71. The lowest BCUT2D eigenvalue weighted by Gasteiger charge is -2.06. The highest BCUT2D eigenvalue weighted by atomic mass is 32.1. The second-order valence-corrected chi connectivity index (χ2v) is 5.41. The van der Waals surface area contributed by atoms with Gasteiger partial charge in [-0.05, 0) is 13.8 Å². The van der Waals surface area contributed by atoms with Crippen molar-refractivity contribution in [2.75, 3.05) is 0 Å². The molecule has 1 N–H and O–H groups in total. The summed E-state index contributed by atoms with van der Waals surface area (Å²) in [6, 6.07) is 9.71. The van der Waals surface area contributed by atoms with Crippen molar-refractivity contribution in [3.63, 3.8) is 0 Å². The Morgan fingerprint density at radius 3 is 2.50 bits per heavy atom. The van der Waals surface area contributed by atoms with Gasteiger partial charge in [0.1, 0.15) is 0 Å². The van der Waals surface area contributed by atoms with Crippen molar-refractivity contribution < 1.29 is 0 Å². The van der Waals surface area contributed by atoms with Gasteiger partial charge in [0.2, 0.25) is 0 Å². The van der Waals surface area contributed by atoms with Gasteiger partial charge in [-0.1, -0.05) is 30.3 Å². The Kier molecular flexibility index (Phi) is 3.20. The first-order valence-corrected chi connectivity index (χ1v) is 7.12. The van der Waals surface area contributed by atoms with E-state index in [0.29, 0.717) is 17.1 Å². The van der Waals surface area contributed by atoms with Gasteiger partial charge in [0.05, 0.1) is 5.69 Å². The molecule has 3 aromatic rings. The molecule has 3 rings (SSSR count). The summed E-state index contributed by atoms with van der Waals surface area (Å²) in [6.07, 6.45) is 0. The predicted octanol–water partition coefficient (Wildman–Crippen LogP) is 3.18. The number of thiazole rings is 1. The Balaban J connectivity index is 2.21. The van der Waals surface area contributed by atoms with Crippen molar-refractivity contribution in [2.24, 2.45) is 0 Å². The zero-order valence-corrected chi connectivity index (χ0v) is 12.0. The summed E-state index contributed by atoms with van der Waals surface area (Å²) >= 11 is 1.48. The smallest absolute Gasteiger partial charge is 0.254 e. The Morgan fingerprint density at radius 2 is 1.85 bits per heavy atom. The van der Waals surface area contributed by atoms with E-state index in [2.05, 4.69) is 15.0 Å². The Labute approximate surface area is 120 Å². The van der Waals surface area contributed by atoms with Gasteiger partial charge in [0.15, 0.2) is 10.8 Å². The van der Waals surface area contributed by atoms with Crippen molar-refractivity contribution in [2.45, 2.75) is 13.8 Å². The van der Waals surface area contributed by atoms with Crippen LogP contribution in [0.3, 0.4) is 0 Å². The molecule has 2 heterocycles. The van der Waals surface area contributed by atoms with E-state index in [4.69, 9.17) is 0 Å². The van der Waals surface area contributed by atoms with Crippen LogP contribution in [-0.2, 0) is 0 Å². The molecule has 0 radical (unpaired) electrons. The average Bonchev–Trinajstić information content (AvgIpc) is 2.89. The molecule has 20 heavy (non-hydrogen) atoms. The maximum atomic E-state index is 12.1. The monoisotopic (exact) mass is 283 g/mol. The van der Waals surface area contributed by atoms with E-state index in [9.17, 15) is 4.79 Å². The van der Waals surface area contributed by atoms with Crippen molar-refractivity contribution in [3.8, 4) is 22.1 Å². The van der Waals surface area contributed by atoms with E-state index in [1.807, 2.05) is 42.6 Å². The number of nitrogens with one attached hydrogen (secondary N) is 1. The maximum Gasteiger partial charge on any atom is 0.254 e. The molecule has 0 saturated carbocycles. The average molecular weight is 283 g/mol. The number of H-pyrrole nitrogens is 1. The summed E-state index contributed by atoms with van der Waals surface area (Å²) in [5, 5.41) is 2.67. The number of hydrogen-bond donors (Lipinski definition) is 1. The number of benzene rings is 1. The third-order valence-electron chi connectivity index (χ3n) is 3.02. The number of hydrogen-bond acceptors (Lipinski definition) is 4. The summed E-state index contributed by atoms with van der Waals surface area (Å²) in [6.45, 7) is 3.70. The van der Waals surface area contributed by atoms with Crippen LogP contribution in [0.15, 0.2) is 40.5 Å². The fourth-order valence-electron chi connectivity index (χ4n) is 1.97. The van der Waals surface area contributed by atoms with E-state index < -0.39 is 0 Å². The lowest BCUT2D eigenvalue weighted by atomic mass is 10.1. The van der Waals surface area contributed by atoms with Crippen LogP contribution in [-0.4, -0.2) is 15.0 Å². The van der Waals surface area contributed by atoms with Crippen LogP contribution in [0.4, 0.5) is 0 Å². The van der Waals surface area contributed by atoms with Crippen LogP contribution in [0.5, 0.6) is 0 Å². The van der Waals surface area contributed by atoms with E-state index in [1.165, 1.54) is 11.3 Å². The molecule has 0 unspecified atom stereocenters. The summed E-state index contributed by atoms with van der Waals surface area (Å²) in [4.78, 5) is 23.8. The molecule has 5 heteroatoms. The van der Waals surface area contributed by atoms with Crippen LogP contribution < -0.4 is 5.56 Å². The molecule has 1 aromatic carbocycles. The molecule has 0 amide bonds. The van der Waals surface area contributed by atoms with Gasteiger partial charge in [0, 0.05) is 22.2 Å². The summed E-state index contributed by atoms with van der Waals surface area (Å²) < 4.78 is 0. The zero-order chi connectivity index (χ0) is 14.1. The minimum Gasteiger partial charge on any atom is -0.304 e. The molecule has 0 atom stereocenters. The molecule has 2 aromatic heterocycles. The first-order valence-electron chi connectivity index (χ1n) is 6.24. The van der Waals surface area contributed by atoms with Gasteiger partial charge in [-0.2, -0.15) is 0 Å². The van der Waals surface area contributed by atoms with Crippen LogP contribution in [0.1, 0.15) is 11.3 Å². The Bertz CT molecular complexity index is 805. The van der Waals surface area contributed by atoms with Crippen molar-refractivity contribution >= 4 is 11.3 Å². The summed E-state index contributed by atoms with van der Waals surface area (Å²) in [5.41, 5.74) is 3.06. The lowest BCUT2D eigenvalue weighted by Crippen LogP contribution is -2.14.